The number of allylic oxidation sites excluding steroid dienone is 1. The van der Waals surface area contributed by atoms with E-state index in [2.05, 4.69) is 5.32 Å². The fourth-order valence-electron chi connectivity index (χ4n) is 1.59. The Morgan fingerprint density at radius 1 is 1.38 bits per heavy atom. The fourth-order valence-corrected chi connectivity index (χ4v) is 1.99. The molecule has 1 aromatic carbocycles. The minimum atomic E-state index is 0.484. The Labute approximate surface area is 134 Å². The summed E-state index contributed by atoms with van der Waals surface area (Å²) in [6, 6.07) is 7.26. The van der Waals surface area contributed by atoms with Gasteiger partial charge in [0.05, 0.1) is 11.3 Å². The van der Waals surface area contributed by atoms with Gasteiger partial charge < -0.3 is 14.5 Å². The van der Waals surface area contributed by atoms with Gasteiger partial charge in [0.1, 0.15) is 23.6 Å². The van der Waals surface area contributed by atoms with Gasteiger partial charge in [0.15, 0.2) is 0 Å². The lowest BCUT2D eigenvalue weighted by Crippen LogP contribution is -2.09. The van der Waals surface area contributed by atoms with E-state index in [4.69, 9.17) is 33.0 Å². The second-order valence-corrected chi connectivity index (χ2v) is 5.52. The van der Waals surface area contributed by atoms with Crippen molar-refractivity contribution >= 4 is 34.5 Å². The standard InChI is InChI=1S/C16H16ClNO2S/c1-11(2)5-8-20-15-9-13(3-4-14(15)17)18-16(21)12-6-7-19-10-12/h3-7,9-10H,8H2,1-2H3,(H,18,21). The zero-order valence-corrected chi connectivity index (χ0v) is 13.4. The maximum absolute atomic E-state index is 6.13. The Bertz CT molecular complexity index is 646. The molecule has 21 heavy (non-hydrogen) atoms. The van der Waals surface area contributed by atoms with Gasteiger partial charge in [-0.3, -0.25) is 0 Å². The third-order valence-electron chi connectivity index (χ3n) is 2.70. The number of ether oxygens (including phenoxy) is 1. The van der Waals surface area contributed by atoms with Crippen molar-refractivity contribution in [1.82, 2.24) is 0 Å². The number of halogens is 1. The molecule has 5 heteroatoms. The molecule has 2 aromatic rings. The molecule has 0 aliphatic heterocycles. The fraction of sp³-hybridized carbons (Fsp3) is 0.188. The predicted molar refractivity (Wildman–Crippen MR) is 90.4 cm³/mol. The predicted octanol–water partition coefficient (Wildman–Crippen LogP) is 5.07. The van der Waals surface area contributed by atoms with Crippen LogP contribution in [0, 0.1) is 0 Å². The first-order valence-corrected chi connectivity index (χ1v) is 7.24. The minimum absolute atomic E-state index is 0.484. The summed E-state index contributed by atoms with van der Waals surface area (Å²) in [5, 5.41) is 3.70. The maximum atomic E-state index is 6.13. The van der Waals surface area contributed by atoms with E-state index in [0.29, 0.717) is 22.4 Å². The van der Waals surface area contributed by atoms with Crippen LogP contribution in [0.2, 0.25) is 5.02 Å². The number of anilines is 1. The van der Waals surface area contributed by atoms with E-state index >= 15 is 0 Å². The Morgan fingerprint density at radius 2 is 2.19 bits per heavy atom. The highest BCUT2D eigenvalue weighted by molar-refractivity contribution is 7.81. The van der Waals surface area contributed by atoms with Gasteiger partial charge in [0.2, 0.25) is 0 Å². The van der Waals surface area contributed by atoms with Crippen molar-refractivity contribution in [3.05, 3.63) is 59.0 Å². The molecule has 3 nitrogen and oxygen atoms in total. The Hall–Kier alpha value is -1.78. The molecule has 0 radical (unpaired) electrons. The van der Waals surface area contributed by atoms with E-state index in [1.54, 1.807) is 24.7 Å². The number of hydrogen-bond donors (Lipinski definition) is 1. The average molecular weight is 322 g/mol. The van der Waals surface area contributed by atoms with Crippen LogP contribution in [0.25, 0.3) is 0 Å². The maximum Gasteiger partial charge on any atom is 0.140 e. The summed E-state index contributed by atoms with van der Waals surface area (Å²) in [5.41, 5.74) is 2.84. The van der Waals surface area contributed by atoms with Crippen LogP contribution in [0.3, 0.4) is 0 Å². The molecule has 0 saturated carbocycles. The van der Waals surface area contributed by atoms with Crippen LogP contribution in [-0.4, -0.2) is 11.6 Å². The third-order valence-corrected chi connectivity index (χ3v) is 3.35. The largest absolute Gasteiger partial charge is 0.488 e. The van der Waals surface area contributed by atoms with Crippen LogP contribution in [0.4, 0.5) is 5.69 Å². The smallest absolute Gasteiger partial charge is 0.140 e. The second kappa shape index (κ2) is 7.29. The number of furan rings is 1. The summed E-state index contributed by atoms with van der Waals surface area (Å²) in [6.07, 6.45) is 5.17. The van der Waals surface area contributed by atoms with E-state index < -0.39 is 0 Å². The summed E-state index contributed by atoms with van der Waals surface area (Å²) in [4.78, 5) is 0.585. The summed E-state index contributed by atoms with van der Waals surface area (Å²) in [7, 11) is 0. The van der Waals surface area contributed by atoms with Crippen molar-refractivity contribution in [2.75, 3.05) is 11.9 Å². The van der Waals surface area contributed by atoms with Gasteiger partial charge in [0.25, 0.3) is 0 Å². The number of rotatable bonds is 5. The molecule has 0 aliphatic rings. The molecule has 2 rings (SSSR count). The van der Waals surface area contributed by atoms with Gasteiger partial charge in [0, 0.05) is 17.3 Å². The first-order valence-electron chi connectivity index (χ1n) is 6.45. The number of nitrogens with one attached hydrogen (secondary N) is 1. The summed E-state index contributed by atoms with van der Waals surface area (Å²) >= 11 is 11.4. The van der Waals surface area contributed by atoms with E-state index in [9.17, 15) is 0 Å². The first kappa shape index (κ1) is 15.6. The summed E-state index contributed by atoms with van der Waals surface area (Å²) in [6.45, 7) is 4.52. The monoisotopic (exact) mass is 321 g/mol. The summed E-state index contributed by atoms with van der Waals surface area (Å²) in [5.74, 6) is 0.620. The van der Waals surface area contributed by atoms with Crippen LogP contribution in [0.5, 0.6) is 5.75 Å². The Morgan fingerprint density at radius 3 is 2.86 bits per heavy atom. The normalized spacial score (nSPS) is 10.0. The van der Waals surface area contributed by atoms with Crippen molar-refractivity contribution in [3.8, 4) is 5.75 Å². The van der Waals surface area contributed by atoms with Gasteiger partial charge in [-0.2, -0.15) is 0 Å². The Balaban J connectivity index is 2.07. The van der Waals surface area contributed by atoms with Crippen molar-refractivity contribution in [1.29, 1.82) is 0 Å². The molecular weight excluding hydrogens is 306 g/mol. The van der Waals surface area contributed by atoms with Crippen LogP contribution < -0.4 is 10.1 Å². The van der Waals surface area contributed by atoms with Crippen LogP contribution in [0.1, 0.15) is 19.4 Å². The molecule has 0 saturated heterocycles. The van der Waals surface area contributed by atoms with E-state index in [-0.39, 0.29) is 0 Å². The Kier molecular flexibility index (Phi) is 5.42. The highest BCUT2D eigenvalue weighted by atomic mass is 35.5. The number of thiocarbonyl (C=S) groups is 1. The van der Waals surface area contributed by atoms with Gasteiger partial charge >= 0.3 is 0 Å². The van der Waals surface area contributed by atoms with E-state index in [1.165, 1.54) is 5.57 Å². The molecule has 0 spiro atoms. The molecule has 1 N–H and O–H groups in total. The molecular formula is C16H16ClNO2S. The molecule has 1 aromatic heterocycles. The molecule has 1 heterocycles. The highest BCUT2D eigenvalue weighted by Gasteiger charge is 2.06. The molecule has 110 valence electrons. The second-order valence-electron chi connectivity index (χ2n) is 4.70. The van der Waals surface area contributed by atoms with Crippen molar-refractivity contribution < 1.29 is 9.15 Å². The highest BCUT2D eigenvalue weighted by Crippen LogP contribution is 2.28. The number of benzene rings is 1. The summed E-state index contributed by atoms with van der Waals surface area (Å²) < 4.78 is 10.7. The SMILES string of the molecule is CC(C)=CCOc1cc(NC(=S)c2ccoc2)ccc1Cl. The van der Waals surface area contributed by atoms with Crippen molar-refractivity contribution in [3.63, 3.8) is 0 Å². The molecule has 0 bridgehead atoms. The third kappa shape index (κ3) is 4.62. The topological polar surface area (TPSA) is 34.4 Å². The molecule has 0 atom stereocenters. The van der Waals surface area contributed by atoms with Crippen LogP contribution in [0.15, 0.2) is 52.9 Å². The quantitative estimate of drug-likeness (QED) is 0.616. The van der Waals surface area contributed by atoms with Gasteiger partial charge in [-0.1, -0.05) is 29.4 Å². The lowest BCUT2D eigenvalue weighted by Gasteiger charge is -2.10. The zero-order valence-electron chi connectivity index (χ0n) is 11.9. The molecule has 0 amide bonds. The van der Waals surface area contributed by atoms with E-state index in [0.717, 1.165) is 11.3 Å². The van der Waals surface area contributed by atoms with Crippen molar-refractivity contribution in [2.45, 2.75) is 13.8 Å². The van der Waals surface area contributed by atoms with Gasteiger partial charge in [-0.05, 0) is 38.1 Å². The van der Waals surface area contributed by atoms with E-state index in [1.807, 2.05) is 32.1 Å². The van der Waals surface area contributed by atoms with Crippen molar-refractivity contribution in [2.24, 2.45) is 0 Å². The number of hydrogen-bond acceptors (Lipinski definition) is 3. The zero-order chi connectivity index (χ0) is 15.2. The van der Waals surface area contributed by atoms with Crippen LogP contribution >= 0.6 is 23.8 Å². The average Bonchev–Trinajstić information content (AvgIpc) is 2.96. The molecule has 0 aliphatic carbocycles. The van der Waals surface area contributed by atoms with Gasteiger partial charge in [-0.25, -0.2) is 0 Å². The lowest BCUT2D eigenvalue weighted by molar-refractivity contribution is 0.362. The van der Waals surface area contributed by atoms with Gasteiger partial charge in [-0.15, -0.1) is 0 Å². The molecule has 0 fully saturated rings. The lowest BCUT2D eigenvalue weighted by atomic mass is 10.2. The minimum Gasteiger partial charge on any atom is -0.488 e. The molecule has 0 unspecified atom stereocenters. The van der Waals surface area contributed by atoms with Crippen LogP contribution in [-0.2, 0) is 0 Å². The first-order chi connectivity index (χ1) is 10.1.